The van der Waals surface area contributed by atoms with E-state index in [1.165, 1.54) is 31.4 Å². The van der Waals surface area contributed by atoms with Crippen molar-refractivity contribution in [2.45, 2.75) is 11.8 Å². The van der Waals surface area contributed by atoms with Crippen molar-refractivity contribution in [3.63, 3.8) is 0 Å². The number of amides is 1. The third-order valence-corrected chi connectivity index (χ3v) is 4.28. The third-order valence-electron chi connectivity index (χ3n) is 2.91. The van der Waals surface area contributed by atoms with Gasteiger partial charge in [-0.05, 0) is 37.3 Å². The van der Waals surface area contributed by atoms with Gasteiger partial charge in [-0.25, -0.2) is 13.9 Å². The second-order valence-corrected chi connectivity index (χ2v) is 6.32. The van der Waals surface area contributed by atoms with Crippen molar-refractivity contribution in [3.8, 4) is 0 Å². The smallest absolute Gasteiger partial charge is 0.274 e. The van der Waals surface area contributed by atoms with Gasteiger partial charge in [0.25, 0.3) is 15.9 Å². The molecule has 0 aromatic heterocycles. The molecular formula is C15H16N2O4S. The van der Waals surface area contributed by atoms with Crippen molar-refractivity contribution >= 4 is 21.6 Å². The van der Waals surface area contributed by atoms with E-state index < -0.39 is 15.9 Å². The van der Waals surface area contributed by atoms with Gasteiger partial charge in [-0.3, -0.25) is 14.4 Å². The molecule has 0 fully saturated rings. The summed E-state index contributed by atoms with van der Waals surface area (Å²) in [5.41, 5.74) is 3.82. The minimum atomic E-state index is -3.77. The number of carbonyl (C=O) groups excluding carboxylic acids is 1. The highest BCUT2D eigenvalue weighted by atomic mass is 32.2. The van der Waals surface area contributed by atoms with E-state index >= 15 is 0 Å². The molecule has 0 heterocycles. The molecule has 0 bridgehead atoms. The Hall–Kier alpha value is -2.38. The normalized spacial score (nSPS) is 11.0. The van der Waals surface area contributed by atoms with Gasteiger partial charge in [-0.1, -0.05) is 23.8 Å². The van der Waals surface area contributed by atoms with Crippen molar-refractivity contribution < 1.29 is 18.0 Å². The molecule has 2 rings (SSSR count). The fraction of sp³-hybridized carbons (Fsp3) is 0.133. The average molecular weight is 320 g/mol. The summed E-state index contributed by atoms with van der Waals surface area (Å²) in [6.07, 6.45) is 0. The lowest BCUT2D eigenvalue weighted by Crippen LogP contribution is -2.22. The highest BCUT2D eigenvalue weighted by Gasteiger charge is 2.16. The van der Waals surface area contributed by atoms with Gasteiger partial charge in [0.1, 0.15) is 0 Å². The Labute approximate surface area is 129 Å². The molecule has 2 aromatic carbocycles. The number of nitrogens with one attached hydrogen (secondary N) is 2. The molecule has 22 heavy (non-hydrogen) atoms. The standard InChI is InChI=1S/C15H16N2O4S/c1-11-6-8-13(9-7-11)17-22(19,20)14-5-3-4-12(10-14)15(18)16-21-2/h3-10,17H,1-2H3,(H,16,18). The molecule has 0 saturated carbocycles. The van der Waals surface area contributed by atoms with Crippen LogP contribution in [0.3, 0.4) is 0 Å². The van der Waals surface area contributed by atoms with E-state index in [0.29, 0.717) is 5.69 Å². The van der Waals surface area contributed by atoms with Gasteiger partial charge >= 0.3 is 0 Å². The number of anilines is 1. The number of hydrogen-bond acceptors (Lipinski definition) is 4. The van der Waals surface area contributed by atoms with Gasteiger partial charge in [0.2, 0.25) is 0 Å². The van der Waals surface area contributed by atoms with Gasteiger partial charge in [0.05, 0.1) is 12.0 Å². The summed E-state index contributed by atoms with van der Waals surface area (Å²) in [7, 11) is -2.46. The lowest BCUT2D eigenvalue weighted by Gasteiger charge is -2.09. The number of carbonyl (C=O) groups is 1. The van der Waals surface area contributed by atoms with Crippen molar-refractivity contribution in [1.29, 1.82) is 0 Å². The second-order valence-electron chi connectivity index (χ2n) is 4.63. The van der Waals surface area contributed by atoms with Crippen LogP contribution in [0.25, 0.3) is 0 Å². The van der Waals surface area contributed by atoms with Crippen molar-refractivity contribution in [1.82, 2.24) is 5.48 Å². The fourth-order valence-electron chi connectivity index (χ4n) is 1.79. The molecule has 0 aliphatic rings. The van der Waals surface area contributed by atoms with Gasteiger partial charge in [-0.2, -0.15) is 0 Å². The predicted molar refractivity (Wildman–Crippen MR) is 82.9 cm³/mol. The van der Waals surface area contributed by atoms with Crippen LogP contribution in [0.2, 0.25) is 0 Å². The number of rotatable bonds is 5. The molecule has 0 atom stereocenters. The van der Waals surface area contributed by atoms with E-state index in [0.717, 1.165) is 5.56 Å². The molecule has 0 spiro atoms. The van der Waals surface area contributed by atoms with Crippen LogP contribution in [0.1, 0.15) is 15.9 Å². The Kier molecular flexibility index (Phi) is 4.79. The maximum absolute atomic E-state index is 12.3. The molecule has 0 saturated heterocycles. The predicted octanol–water partition coefficient (Wildman–Crippen LogP) is 2.09. The van der Waals surface area contributed by atoms with Gasteiger partial charge < -0.3 is 0 Å². The minimum absolute atomic E-state index is 0.00294. The molecule has 2 aromatic rings. The Balaban J connectivity index is 2.27. The molecule has 116 valence electrons. The third kappa shape index (κ3) is 3.84. The Bertz CT molecular complexity index is 770. The quantitative estimate of drug-likeness (QED) is 0.826. The number of sulfonamides is 1. The molecule has 0 radical (unpaired) electrons. The summed E-state index contributed by atoms with van der Waals surface area (Å²) in [5.74, 6) is -0.519. The van der Waals surface area contributed by atoms with E-state index in [4.69, 9.17) is 0 Å². The summed E-state index contributed by atoms with van der Waals surface area (Å²) < 4.78 is 27.2. The summed E-state index contributed by atoms with van der Waals surface area (Å²) >= 11 is 0. The SMILES string of the molecule is CONC(=O)c1cccc(S(=O)(=O)Nc2ccc(C)cc2)c1. The van der Waals surface area contributed by atoms with Gasteiger partial charge in [0, 0.05) is 11.3 Å². The van der Waals surface area contributed by atoms with E-state index in [-0.39, 0.29) is 10.5 Å². The van der Waals surface area contributed by atoms with Crippen LogP contribution in [0, 0.1) is 6.92 Å². The monoisotopic (exact) mass is 320 g/mol. The molecule has 7 heteroatoms. The zero-order valence-corrected chi connectivity index (χ0v) is 13.0. The van der Waals surface area contributed by atoms with Crippen LogP contribution in [0.4, 0.5) is 5.69 Å². The Morgan fingerprint density at radius 2 is 1.77 bits per heavy atom. The molecule has 0 unspecified atom stereocenters. The Morgan fingerprint density at radius 1 is 1.09 bits per heavy atom. The molecular weight excluding hydrogens is 304 g/mol. The van der Waals surface area contributed by atoms with E-state index in [2.05, 4.69) is 15.0 Å². The topological polar surface area (TPSA) is 84.5 Å². The van der Waals surface area contributed by atoms with Crippen LogP contribution in [0.5, 0.6) is 0 Å². The van der Waals surface area contributed by atoms with Crippen LogP contribution < -0.4 is 10.2 Å². The highest BCUT2D eigenvalue weighted by Crippen LogP contribution is 2.17. The summed E-state index contributed by atoms with van der Waals surface area (Å²) in [4.78, 5) is 16.2. The first-order valence-electron chi connectivity index (χ1n) is 6.45. The highest BCUT2D eigenvalue weighted by molar-refractivity contribution is 7.92. The fourth-order valence-corrected chi connectivity index (χ4v) is 2.90. The molecule has 2 N–H and O–H groups in total. The van der Waals surface area contributed by atoms with Crippen molar-refractivity contribution in [2.24, 2.45) is 0 Å². The first kappa shape index (κ1) is 16.0. The maximum Gasteiger partial charge on any atom is 0.274 e. The van der Waals surface area contributed by atoms with Crippen molar-refractivity contribution in [3.05, 3.63) is 59.7 Å². The molecule has 1 amide bonds. The zero-order chi connectivity index (χ0) is 16.2. The number of hydrogen-bond donors (Lipinski definition) is 2. The maximum atomic E-state index is 12.3. The second kappa shape index (κ2) is 6.59. The van der Waals surface area contributed by atoms with E-state index in [1.54, 1.807) is 24.3 Å². The zero-order valence-electron chi connectivity index (χ0n) is 12.2. The number of aryl methyl sites for hydroxylation is 1. The van der Waals surface area contributed by atoms with Crippen LogP contribution in [-0.2, 0) is 14.9 Å². The number of benzene rings is 2. The minimum Gasteiger partial charge on any atom is -0.280 e. The number of hydroxylamine groups is 1. The molecule has 0 aliphatic heterocycles. The first-order valence-corrected chi connectivity index (χ1v) is 7.93. The largest absolute Gasteiger partial charge is 0.280 e. The lowest BCUT2D eigenvalue weighted by atomic mass is 10.2. The van der Waals surface area contributed by atoms with Gasteiger partial charge in [-0.15, -0.1) is 0 Å². The first-order chi connectivity index (χ1) is 10.4. The Morgan fingerprint density at radius 3 is 2.41 bits per heavy atom. The van der Waals surface area contributed by atoms with Crippen molar-refractivity contribution in [2.75, 3.05) is 11.8 Å². The summed E-state index contributed by atoms with van der Waals surface area (Å²) in [5, 5.41) is 0. The van der Waals surface area contributed by atoms with Crippen LogP contribution >= 0.6 is 0 Å². The average Bonchev–Trinajstić information content (AvgIpc) is 2.50. The van der Waals surface area contributed by atoms with Crippen LogP contribution in [-0.4, -0.2) is 21.4 Å². The molecule has 6 nitrogen and oxygen atoms in total. The summed E-state index contributed by atoms with van der Waals surface area (Å²) in [6, 6.07) is 12.7. The van der Waals surface area contributed by atoms with E-state index in [9.17, 15) is 13.2 Å². The summed E-state index contributed by atoms with van der Waals surface area (Å²) in [6.45, 7) is 1.91. The van der Waals surface area contributed by atoms with E-state index in [1.807, 2.05) is 6.92 Å². The van der Waals surface area contributed by atoms with Gasteiger partial charge in [0.15, 0.2) is 0 Å². The molecule has 0 aliphatic carbocycles. The lowest BCUT2D eigenvalue weighted by molar-refractivity contribution is 0.0537. The van der Waals surface area contributed by atoms with Crippen LogP contribution in [0.15, 0.2) is 53.4 Å².